The summed E-state index contributed by atoms with van der Waals surface area (Å²) in [7, 11) is 0. The molecule has 1 aliphatic rings. The number of rotatable bonds is 5. The summed E-state index contributed by atoms with van der Waals surface area (Å²) < 4.78 is 17.0. The van der Waals surface area contributed by atoms with Crippen LogP contribution in [-0.4, -0.2) is 31.3 Å². The Bertz CT molecular complexity index is 722. The summed E-state index contributed by atoms with van der Waals surface area (Å²) in [6, 6.07) is 14.5. The first-order valence-electron chi connectivity index (χ1n) is 7.71. The van der Waals surface area contributed by atoms with Crippen LogP contribution in [-0.2, 0) is 4.79 Å². The minimum atomic E-state index is -0.665. The van der Waals surface area contributed by atoms with Crippen LogP contribution in [0.2, 0.25) is 5.02 Å². The zero-order valence-corrected chi connectivity index (χ0v) is 14.0. The second-order valence-corrected chi connectivity index (χ2v) is 5.84. The largest absolute Gasteiger partial charge is 0.486 e. The predicted octanol–water partition coefficient (Wildman–Crippen LogP) is 3.06. The SMILES string of the molecule is C[C@@H](Oc1ccccc1Cl)C(=O)NC[C@H]1COc2ccccc2O1. The summed E-state index contributed by atoms with van der Waals surface area (Å²) in [5.74, 6) is 1.64. The molecule has 2 aromatic rings. The molecule has 5 nitrogen and oxygen atoms in total. The lowest BCUT2D eigenvalue weighted by Gasteiger charge is -2.27. The van der Waals surface area contributed by atoms with Gasteiger partial charge in [0.05, 0.1) is 11.6 Å². The van der Waals surface area contributed by atoms with Crippen LogP contribution in [0.3, 0.4) is 0 Å². The summed E-state index contributed by atoms with van der Waals surface area (Å²) >= 11 is 6.03. The second kappa shape index (κ2) is 7.45. The Kier molecular flexibility index (Phi) is 5.11. The zero-order chi connectivity index (χ0) is 16.9. The molecule has 2 atom stereocenters. The van der Waals surface area contributed by atoms with Crippen molar-refractivity contribution in [3.05, 3.63) is 53.6 Å². The van der Waals surface area contributed by atoms with Crippen LogP contribution >= 0.6 is 11.6 Å². The van der Waals surface area contributed by atoms with Gasteiger partial charge in [-0.2, -0.15) is 0 Å². The molecule has 0 unspecified atom stereocenters. The van der Waals surface area contributed by atoms with Crippen molar-refractivity contribution in [2.75, 3.05) is 13.2 Å². The molecule has 0 saturated carbocycles. The maximum atomic E-state index is 12.2. The molecule has 1 aliphatic heterocycles. The first-order chi connectivity index (χ1) is 11.6. The first-order valence-corrected chi connectivity index (χ1v) is 8.08. The molecule has 24 heavy (non-hydrogen) atoms. The monoisotopic (exact) mass is 347 g/mol. The topological polar surface area (TPSA) is 56.8 Å². The van der Waals surface area contributed by atoms with E-state index in [2.05, 4.69) is 5.32 Å². The van der Waals surface area contributed by atoms with Gasteiger partial charge in [-0.15, -0.1) is 0 Å². The smallest absolute Gasteiger partial charge is 0.260 e. The number of para-hydroxylation sites is 3. The minimum Gasteiger partial charge on any atom is -0.486 e. The number of halogens is 1. The fraction of sp³-hybridized carbons (Fsp3) is 0.278. The standard InChI is InChI=1S/C18H18ClNO4/c1-12(23-15-7-3-2-6-14(15)19)18(21)20-10-13-11-22-16-8-4-5-9-17(16)24-13/h2-9,12-13H,10-11H2,1H3,(H,20,21)/t12-,13+/m1/s1. The van der Waals surface area contributed by atoms with Gasteiger partial charge in [-0.25, -0.2) is 0 Å². The Hall–Kier alpha value is -2.40. The van der Waals surface area contributed by atoms with Crippen molar-refractivity contribution in [1.82, 2.24) is 5.32 Å². The summed E-state index contributed by atoms with van der Waals surface area (Å²) in [5, 5.41) is 3.28. The summed E-state index contributed by atoms with van der Waals surface area (Å²) in [6.07, 6.45) is -0.905. The molecule has 0 aliphatic carbocycles. The molecule has 126 valence electrons. The molecule has 2 aromatic carbocycles. The van der Waals surface area contributed by atoms with Crippen molar-refractivity contribution in [2.45, 2.75) is 19.1 Å². The van der Waals surface area contributed by atoms with Crippen molar-refractivity contribution >= 4 is 17.5 Å². The number of ether oxygens (including phenoxy) is 3. The van der Waals surface area contributed by atoms with Gasteiger partial charge in [0.1, 0.15) is 18.5 Å². The quantitative estimate of drug-likeness (QED) is 0.903. The summed E-state index contributed by atoms with van der Waals surface area (Å²) in [6.45, 7) is 2.40. The number of hydrogen-bond acceptors (Lipinski definition) is 4. The minimum absolute atomic E-state index is 0.239. The third-order valence-corrected chi connectivity index (χ3v) is 3.89. The van der Waals surface area contributed by atoms with E-state index >= 15 is 0 Å². The maximum Gasteiger partial charge on any atom is 0.260 e. The van der Waals surface area contributed by atoms with E-state index in [4.69, 9.17) is 25.8 Å². The Labute approximate surface area is 145 Å². The van der Waals surface area contributed by atoms with Gasteiger partial charge in [0.15, 0.2) is 17.6 Å². The van der Waals surface area contributed by atoms with E-state index in [1.54, 1.807) is 31.2 Å². The van der Waals surface area contributed by atoms with Gasteiger partial charge in [-0.1, -0.05) is 35.9 Å². The Morgan fingerprint density at radius 3 is 2.75 bits per heavy atom. The molecule has 1 N–H and O–H groups in total. The van der Waals surface area contributed by atoms with Crippen LogP contribution in [0.25, 0.3) is 0 Å². The van der Waals surface area contributed by atoms with E-state index in [0.717, 1.165) is 5.75 Å². The van der Waals surface area contributed by atoms with Gasteiger partial charge in [-0.05, 0) is 31.2 Å². The van der Waals surface area contributed by atoms with E-state index in [0.29, 0.717) is 29.7 Å². The van der Waals surface area contributed by atoms with Crippen LogP contribution in [0.4, 0.5) is 0 Å². The third-order valence-electron chi connectivity index (χ3n) is 3.58. The van der Waals surface area contributed by atoms with E-state index < -0.39 is 6.10 Å². The fourth-order valence-corrected chi connectivity index (χ4v) is 2.49. The van der Waals surface area contributed by atoms with Crippen LogP contribution in [0.1, 0.15) is 6.92 Å². The van der Waals surface area contributed by atoms with Crippen molar-refractivity contribution in [2.24, 2.45) is 0 Å². The van der Waals surface area contributed by atoms with Crippen LogP contribution < -0.4 is 19.5 Å². The molecule has 0 radical (unpaired) electrons. The zero-order valence-electron chi connectivity index (χ0n) is 13.2. The molecule has 0 fully saturated rings. The summed E-state index contributed by atoms with van der Waals surface area (Å²) in [4.78, 5) is 12.2. The highest BCUT2D eigenvalue weighted by Gasteiger charge is 2.23. The molecular formula is C18H18ClNO4. The van der Waals surface area contributed by atoms with E-state index in [-0.39, 0.29) is 12.0 Å². The van der Waals surface area contributed by atoms with Gasteiger partial charge in [0.25, 0.3) is 5.91 Å². The van der Waals surface area contributed by atoms with Gasteiger partial charge in [0, 0.05) is 0 Å². The summed E-state index contributed by atoms with van der Waals surface area (Å²) in [5.41, 5.74) is 0. The van der Waals surface area contributed by atoms with Crippen LogP contribution in [0.5, 0.6) is 17.2 Å². The predicted molar refractivity (Wildman–Crippen MR) is 90.9 cm³/mol. The van der Waals surface area contributed by atoms with Crippen molar-refractivity contribution in [3.8, 4) is 17.2 Å². The second-order valence-electron chi connectivity index (χ2n) is 5.43. The Morgan fingerprint density at radius 1 is 1.25 bits per heavy atom. The highest BCUT2D eigenvalue weighted by molar-refractivity contribution is 6.32. The third kappa shape index (κ3) is 3.92. The highest BCUT2D eigenvalue weighted by Crippen LogP contribution is 2.30. The van der Waals surface area contributed by atoms with Crippen molar-refractivity contribution in [3.63, 3.8) is 0 Å². The molecule has 3 rings (SSSR count). The highest BCUT2D eigenvalue weighted by atomic mass is 35.5. The van der Waals surface area contributed by atoms with Gasteiger partial charge in [0.2, 0.25) is 0 Å². The number of fused-ring (bicyclic) bond motifs is 1. The number of amides is 1. The lowest BCUT2D eigenvalue weighted by atomic mass is 10.2. The van der Waals surface area contributed by atoms with E-state index in [1.165, 1.54) is 0 Å². The lowest BCUT2D eigenvalue weighted by molar-refractivity contribution is -0.127. The van der Waals surface area contributed by atoms with Crippen molar-refractivity contribution in [1.29, 1.82) is 0 Å². The van der Waals surface area contributed by atoms with Gasteiger partial charge in [-0.3, -0.25) is 4.79 Å². The average Bonchev–Trinajstić information content (AvgIpc) is 2.61. The molecule has 6 heteroatoms. The molecular weight excluding hydrogens is 330 g/mol. The Balaban J connectivity index is 1.50. The molecule has 1 heterocycles. The molecule has 0 bridgehead atoms. The number of carbonyl (C=O) groups is 1. The lowest BCUT2D eigenvalue weighted by Crippen LogP contribution is -2.44. The fourth-order valence-electron chi connectivity index (χ4n) is 2.31. The molecule has 0 saturated heterocycles. The number of nitrogens with one attached hydrogen (secondary N) is 1. The van der Waals surface area contributed by atoms with Crippen molar-refractivity contribution < 1.29 is 19.0 Å². The van der Waals surface area contributed by atoms with Gasteiger partial charge < -0.3 is 19.5 Å². The van der Waals surface area contributed by atoms with E-state index in [9.17, 15) is 4.79 Å². The number of hydrogen-bond donors (Lipinski definition) is 1. The van der Waals surface area contributed by atoms with Crippen LogP contribution in [0.15, 0.2) is 48.5 Å². The average molecular weight is 348 g/mol. The van der Waals surface area contributed by atoms with E-state index in [1.807, 2.05) is 24.3 Å². The number of benzene rings is 2. The Morgan fingerprint density at radius 2 is 1.96 bits per heavy atom. The normalized spacial score (nSPS) is 17.0. The number of carbonyl (C=O) groups excluding carboxylic acids is 1. The molecule has 0 aromatic heterocycles. The maximum absolute atomic E-state index is 12.2. The molecule has 1 amide bonds. The van der Waals surface area contributed by atoms with Crippen LogP contribution in [0, 0.1) is 0 Å². The molecule has 0 spiro atoms. The first kappa shape index (κ1) is 16.5. The van der Waals surface area contributed by atoms with Gasteiger partial charge >= 0.3 is 0 Å².